The molecule has 2 aromatic rings. The molecule has 0 aliphatic carbocycles. The smallest absolute Gasteiger partial charge is 0.123 e. The zero-order valence-corrected chi connectivity index (χ0v) is 12.5. The van der Waals surface area contributed by atoms with Crippen molar-refractivity contribution in [2.45, 2.75) is 19.1 Å². The molecule has 1 N–H and O–H groups in total. The van der Waals surface area contributed by atoms with E-state index in [2.05, 4.69) is 27.3 Å². The minimum atomic E-state index is -0.200. The molecule has 0 fully saturated rings. The highest BCUT2D eigenvalue weighted by Gasteiger charge is 2.22. The van der Waals surface area contributed by atoms with Crippen molar-refractivity contribution in [2.75, 3.05) is 6.54 Å². The standard InChI is InChI=1S/C16H15BrFNO/c17-15-4-2-1-3-11(15)9-19-10-14-8-12-7-13(18)5-6-16(12)20-14/h1-7,14,19H,8-10H2. The third-order valence-electron chi connectivity index (χ3n) is 3.41. The van der Waals surface area contributed by atoms with Crippen LogP contribution in [0.4, 0.5) is 4.39 Å². The molecule has 4 heteroatoms. The Balaban J connectivity index is 1.53. The molecule has 1 aliphatic rings. The van der Waals surface area contributed by atoms with Gasteiger partial charge in [-0.15, -0.1) is 0 Å². The molecule has 0 spiro atoms. The topological polar surface area (TPSA) is 21.3 Å². The van der Waals surface area contributed by atoms with Gasteiger partial charge in [-0.05, 0) is 29.8 Å². The fraction of sp³-hybridized carbons (Fsp3) is 0.250. The van der Waals surface area contributed by atoms with E-state index in [0.717, 1.165) is 35.3 Å². The maximum Gasteiger partial charge on any atom is 0.123 e. The van der Waals surface area contributed by atoms with Crippen LogP contribution in [-0.2, 0) is 13.0 Å². The molecule has 3 rings (SSSR count). The first kappa shape index (κ1) is 13.6. The van der Waals surface area contributed by atoms with Crippen LogP contribution in [0.3, 0.4) is 0 Å². The van der Waals surface area contributed by atoms with Gasteiger partial charge in [-0.3, -0.25) is 0 Å². The second-order valence-electron chi connectivity index (χ2n) is 4.92. The van der Waals surface area contributed by atoms with Crippen LogP contribution in [0.25, 0.3) is 0 Å². The van der Waals surface area contributed by atoms with Crippen LogP contribution < -0.4 is 10.1 Å². The van der Waals surface area contributed by atoms with Crippen LogP contribution in [0.1, 0.15) is 11.1 Å². The third kappa shape index (κ3) is 3.02. The zero-order valence-electron chi connectivity index (χ0n) is 10.9. The Labute approximate surface area is 126 Å². The normalized spacial score (nSPS) is 16.8. The highest BCUT2D eigenvalue weighted by atomic mass is 79.9. The molecule has 0 saturated carbocycles. The lowest BCUT2D eigenvalue weighted by Crippen LogP contribution is -2.29. The van der Waals surface area contributed by atoms with Gasteiger partial charge in [0.1, 0.15) is 17.7 Å². The number of halogens is 2. The maximum absolute atomic E-state index is 13.1. The van der Waals surface area contributed by atoms with Gasteiger partial charge in [0.05, 0.1) is 0 Å². The summed E-state index contributed by atoms with van der Waals surface area (Å²) in [5.41, 5.74) is 2.17. The third-order valence-corrected chi connectivity index (χ3v) is 4.18. The van der Waals surface area contributed by atoms with Gasteiger partial charge in [-0.25, -0.2) is 4.39 Å². The molecule has 2 nitrogen and oxygen atoms in total. The van der Waals surface area contributed by atoms with Crippen molar-refractivity contribution >= 4 is 15.9 Å². The number of nitrogens with one attached hydrogen (secondary N) is 1. The van der Waals surface area contributed by atoms with Gasteiger partial charge in [0.25, 0.3) is 0 Å². The summed E-state index contributed by atoms with van der Waals surface area (Å²) in [4.78, 5) is 0. The van der Waals surface area contributed by atoms with Crippen LogP contribution in [0.5, 0.6) is 5.75 Å². The van der Waals surface area contributed by atoms with E-state index in [1.54, 1.807) is 12.1 Å². The van der Waals surface area contributed by atoms with Crippen molar-refractivity contribution in [3.63, 3.8) is 0 Å². The second-order valence-corrected chi connectivity index (χ2v) is 5.77. The van der Waals surface area contributed by atoms with Crippen LogP contribution >= 0.6 is 15.9 Å². The van der Waals surface area contributed by atoms with E-state index in [4.69, 9.17) is 4.74 Å². The predicted molar refractivity (Wildman–Crippen MR) is 80.4 cm³/mol. The molecular weight excluding hydrogens is 321 g/mol. The average Bonchev–Trinajstić information content (AvgIpc) is 2.83. The molecule has 20 heavy (non-hydrogen) atoms. The molecule has 1 atom stereocenters. The van der Waals surface area contributed by atoms with Crippen molar-refractivity contribution in [1.29, 1.82) is 0 Å². The highest BCUT2D eigenvalue weighted by molar-refractivity contribution is 9.10. The van der Waals surface area contributed by atoms with Gasteiger partial charge in [-0.1, -0.05) is 34.1 Å². The van der Waals surface area contributed by atoms with E-state index in [9.17, 15) is 4.39 Å². The Bertz CT molecular complexity index is 617. The molecule has 0 radical (unpaired) electrons. The van der Waals surface area contributed by atoms with Crippen LogP contribution in [0.15, 0.2) is 46.9 Å². The molecule has 2 aromatic carbocycles. The molecular formula is C16H15BrFNO. The van der Waals surface area contributed by atoms with Gasteiger partial charge >= 0.3 is 0 Å². The molecule has 1 heterocycles. The molecule has 104 valence electrons. The first-order valence-electron chi connectivity index (χ1n) is 6.61. The maximum atomic E-state index is 13.1. The van der Waals surface area contributed by atoms with Crippen molar-refractivity contribution in [2.24, 2.45) is 0 Å². The van der Waals surface area contributed by atoms with E-state index in [0.29, 0.717) is 0 Å². The van der Waals surface area contributed by atoms with Crippen LogP contribution in [-0.4, -0.2) is 12.6 Å². The monoisotopic (exact) mass is 335 g/mol. The number of ether oxygens (including phenoxy) is 1. The van der Waals surface area contributed by atoms with Gasteiger partial charge in [0, 0.05) is 29.5 Å². The van der Waals surface area contributed by atoms with E-state index in [-0.39, 0.29) is 11.9 Å². The summed E-state index contributed by atoms with van der Waals surface area (Å²) >= 11 is 3.53. The minimum Gasteiger partial charge on any atom is -0.488 e. The lowest BCUT2D eigenvalue weighted by molar-refractivity contribution is 0.227. The summed E-state index contributed by atoms with van der Waals surface area (Å²) < 4.78 is 20.0. The Kier molecular flexibility index (Phi) is 4.03. The fourth-order valence-corrected chi connectivity index (χ4v) is 2.84. The number of fused-ring (bicyclic) bond motifs is 1. The predicted octanol–water partition coefficient (Wildman–Crippen LogP) is 3.68. The van der Waals surface area contributed by atoms with Crippen molar-refractivity contribution in [3.05, 3.63) is 63.9 Å². The van der Waals surface area contributed by atoms with Gasteiger partial charge in [0.15, 0.2) is 0 Å². The summed E-state index contributed by atoms with van der Waals surface area (Å²) in [6.45, 7) is 1.53. The average molecular weight is 336 g/mol. The Morgan fingerprint density at radius 3 is 2.95 bits per heavy atom. The molecule has 0 bridgehead atoms. The quantitative estimate of drug-likeness (QED) is 0.920. The number of rotatable bonds is 4. The SMILES string of the molecule is Fc1ccc2c(c1)CC(CNCc1ccccc1Br)O2. The van der Waals surface area contributed by atoms with Gasteiger partial charge < -0.3 is 10.1 Å². The summed E-state index contributed by atoms with van der Waals surface area (Å²) in [7, 11) is 0. The molecule has 0 aromatic heterocycles. The lowest BCUT2D eigenvalue weighted by Gasteiger charge is -2.12. The lowest BCUT2D eigenvalue weighted by atomic mass is 10.1. The molecule has 0 saturated heterocycles. The number of benzene rings is 2. The summed E-state index contributed by atoms with van der Waals surface area (Å²) in [6.07, 6.45) is 0.838. The van der Waals surface area contributed by atoms with Gasteiger partial charge in [-0.2, -0.15) is 0 Å². The minimum absolute atomic E-state index is 0.0780. The molecule has 1 unspecified atom stereocenters. The van der Waals surface area contributed by atoms with E-state index < -0.39 is 0 Å². The van der Waals surface area contributed by atoms with Gasteiger partial charge in [0.2, 0.25) is 0 Å². The summed E-state index contributed by atoms with van der Waals surface area (Å²) in [5.74, 6) is 0.605. The van der Waals surface area contributed by atoms with Crippen LogP contribution in [0.2, 0.25) is 0 Å². The number of hydrogen-bond acceptors (Lipinski definition) is 2. The van der Waals surface area contributed by atoms with E-state index >= 15 is 0 Å². The van der Waals surface area contributed by atoms with E-state index in [1.807, 2.05) is 18.2 Å². The largest absolute Gasteiger partial charge is 0.488 e. The summed E-state index contributed by atoms with van der Waals surface area (Å²) in [6, 6.07) is 12.8. The Morgan fingerprint density at radius 2 is 2.10 bits per heavy atom. The van der Waals surface area contributed by atoms with Crippen molar-refractivity contribution in [3.8, 4) is 5.75 Å². The highest BCUT2D eigenvalue weighted by Crippen LogP contribution is 2.29. The van der Waals surface area contributed by atoms with Crippen molar-refractivity contribution < 1.29 is 9.13 Å². The number of hydrogen-bond donors (Lipinski definition) is 1. The Hall–Kier alpha value is -1.39. The zero-order chi connectivity index (χ0) is 13.9. The van der Waals surface area contributed by atoms with Crippen molar-refractivity contribution in [1.82, 2.24) is 5.32 Å². The molecule has 0 amide bonds. The Morgan fingerprint density at radius 1 is 1.25 bits per heavy atom. The fourth-order valence-electron chi connectivity index (χ4n) is 2.41. The van der Waals surface area contributed by atoms with E-state index in [1.165, 1.54) is 11.6 Å². The van der Waals surface area contributed by atoms with Crippen LogP contribution in [0, 0.1) is 5.82 Å². The first-order valence-corrected chi connectivity index (χ1v) is 7.41. The summed E-state index contributed by atoms with van der Waals surface area (Å²) in [5, 5.41) is 3.39. The first-order chi connectivity index (χ1) is 9.72. The second kappa shape index (κ2) is 5.94. The molecule has 1 aliphatic heterocycles.